The number of fused-ring (bicyclic) bond motifs is 1. The van der Waals surface area contributed by atoms with E-state index >= 15 is 0 Å². The normalized spacial score (nSPS) is 10.6. The highest BCUT2D eigenvalue weighted by molar-refractivity contribution is 7.16. The van der Waals surface area contributed by atoms with Crippen LogP contribution in [0.5, 0.6) is 0 Å². The second kappa shape index (κ2) is 4.09. The van der Waals surface area contributed by atoms with E-state index in [1.54, 1.807) is 4.57 Å². The molecular weight excluding hydrogens is 224 g/mol. The van der Waals surface area contributed by atoms with Gasteiger partial charge < -0.3 is 5.32 Å². The van der Waals surface area contributed by atoms with Crippen molar-refractivity contribution >= 4 is 33.1 Å². The standard InChI is InChI=1S/C11H12N2O2S/c1-3-13-9-5-4-8(12-7(2)14)6-10(9)16-11(13)15/h4-6H,3H2,1-2H3,(H,12,14). The molecule has 0 saturated heterocycles. The molecule has 0 bridgehead atoms. The van der Waals surface area contributed by atoms with Crippen LogP contribution in [0.25, 0.3) is 10.2 Å². The van der Waals surface area contributed by atoms with E-state index in [4.69, 9.17) is 0 Å². The van der Waals surface area contributed by atoms with Crippen LogP contribution in [0.1, 0.15) is 13.8 Å². The van der Waals surface area contributed by atoms with Gasteiger partial charge in [0.15, 0.2) is 0 Å². The average Bonchev–Trinajstić information content (AvgIpc) is 2.51. The van der Waals surface area contributed by atoms with Crippen molar-refractivity contribution < 1.29 is 4.79 Å². The number of rotatable bonds is 2. The topological polar surface area (TPSA) is 51.1 Å². The average molecular weight is 236 g/mol. The molecule has 4 nitrogen and oxygen atoms in total. The summed E-state index contributed by atoms with van der Waals surface area (Å²) in [6.45, 7) is 4.07. The first kappa shape index (κ1) is 10.9. The van der Waals surface area contributed by atoms with Gasteiger partial charge in [-0.1, -0.05) is 11.3 Å². The molecule has 5 heteroatoms. The summed E-state index contributed by atoms with van der Waals surface area (Å²) in [4.78, 5) is 22.5. The molecule has 0 radical (unpaired) electrons. The van der Waals surface area contributed by atoms with E-state index in [2.05, 4.69) is 5.32 Å². The number of carbonyl (C=O) groups excluding carboxylic acids is 1. The van der Waals surface area contributed by atoms with Gasteiger partial charge in [-0.2, -0.15) is 0 Å². The van der Waals surface area contributed by atoms with Crippen LogP contribution in [0.3, 0.4) is 0 Å². The first-order chi connectivity index (χ1) is 7.61. The molecule has 0 unspecified atom stereocenters. The number of nitrogens with zero attached hydrogens (tertiary/aromatic N) is 1. The van der Waals surface area contributed by atoms with Crippen LogP contribution in [0.4, 0.5) is 5.69 Å². The maximum Gasteiger partial charge on any atom is 0.308 e. The van der Waals surface area contributed by atoms with Crippen molar-refractivity contribution in [3.05, 3.63) is 27.9 Å². The van der Waals surface area contributed by atoms with E-state index in [0.717, 1.165) is 15.9 Å². The van der Waals surface area contributed by atoms with Crippen LogP contribution in [0.15, 0.2) is 23.0 Å². The third-order valence-corrected chi connectivity index (χ3v) is 3.25. The SMILES string of the molecule is CCn1c(=O)sc2cc(NC(C)=O)ccc21. The minimum absolute atomic E-state index is 0.0393. The van der Waals surface area contributed by atoms with Crippen molar-refractivity contribution in [2.75, 3.05) is 5.32 Å². The summed E-state index contributed by atoms with van der Waals surface area (Å²) >= 11 is 1.20. The van der Waals surface area contributed by atoms with Crippen molar-refractivity contribution in [2.24, 2.45) is 0 Å². The fraction of sp³-hybridized carbons (Fsp3) is 0.273. The fourth-order valence-electron chi connectivity index (χ4n) is 1.65. The maximum absolute atomic E-state index is 11.6. The summed E-state index contributed by atoms with van der Waals surface area (Å²) in [5.41, 5.74) is 1.65. The summed E-state index contributed by atoms with van der Waals surface area (Å²) < 4.78 is 2.62. The molecule has 1 aromatic heterocycles. The first-order valence-corrected chi connectivity index (χ1v) is 5.84. The Balaban J connectivity index is 2.56. The fourth-order valence-corrected chi connectivity index (χ4v) is 2.64. The highest BCUT2D eigenvalue weighted by atomic mass is 32.1. The molecule has 1 aromatic carbocycles. The number of aromatic nitrogens is 1. The molecule has 0 aliphatic carbocycles. The molecule has 1 N–H and O–H groups in total. The third-order valence-electron chi connectivity index (χ3n) is 2.30. The van der Waals surface area contributed by atoms with Crippen molar-refractivity contribution in [1.29, 1.82) is 0 Å². The van der Waals surface area contributed by atoms with Crippen LogP contribution >= 0.6 is 11.3 Å². The summed E-state index contributed by atoms with van der Waals surface area (Å²) in [6, 6.07) is 5.50. The molecule has 0 saturated carbocycles. The van der Waals surface area contributed by atoms with Crippen molar-refractivity contribution in [2.45, 2.75) is 20.4 Å². The largest absolute Gasteiger partial charge is 0.326 e. The number of carbonyl (C=O) groups is 1. The number of nitrogens with one attached hydrogen (secondary N) is 1. The quantitative estimate of drug-likeness (QED) is 0.867. The van der Waals surface area contributed by atoms with Gasteiger partial charge >= 0.3 is 4.87 Å². The van der Waals surface area contributed by atoms with Gasteiger partial charge in [-0.3, -0.25) is 14.2 Å². The summed E-state index contributed by atoms with van der Waals surface area (Å²) in [7, 11) is 0. The number of hydrogen-bond donors (Lipinski definition) is 1. The predicted octanol–water partition coefficient (Wildman–Crippen LogP) is 2.04. The Labute approximate surface area is 96.5 Å². The number of amides is 1. The van der Waals surface area contributed by atoms with Crippen molar-refractivity contribution in [3.63, 3.8) is 0 Å². The highest BCUT2D eigenvalue weighted by Crippen LogP contribution is 2.21. The molecule has 1 amide bonds. The Bertz CT molecular complexity index is 598. The van der Waals surface area contributed by atoms with Crippen LogP contribution in [0, 0.1) is 0 Å². The molecule has 0 atom stereocenters. The first-order valence-electron chi connectivity index (χ1n) is 5.03. The van der Waals surface area contributed by atoms with E-state index in [1.165, 1.54) is 18.3 Å². The van der Waals surface area contributed by atoms with Gasteiger partial charge in [0.2, 0.25) is 5.91 Å². The van der Waals surface area contributed by atoms with Gasteiger partial charge in [0.1, 0.15) is 0 Å². The van der Waals surface area contributed by atoms with E-state index in [0.29, 0.717) is 6.54 Å². The number of hydrogen-bond acceptors (Lipinski definition) is 3. The molecule has 0 aliphatic heterocycles. The Morgan fingerprint density at radius 1 is 1.50 bits per heavy atom. The van der Waals surface area contributed by atoms with Crippen LogP contribution in [0.2, 0.25) is 0 Å². The summed E-state index contributed by atoms with van der Waals surface area (Å²) in [5, 5.41) is 2.70. The monoisotopic (exact) mass is 236 g/mol. The van der Waals surface area contributed by atoms with E-state index < -0.39 is 0 Å². The van der Waals surface area contributed by atoms with Gasteiger partial charge in [-0.25, -0.2) is 0 Å². The number of benzene rings is 1. The Hall–Kier alpha value is -1.62. The van der Waals surface area contributed by atoms with Gasteiger partial charge in [-0.05, 0) is 25.1 Å². The lowest BCUT2D eigenvalue weighted by Crippen LogP contribution is -2.10. The molecule has 84 valence electrons. The zero-order chi connectivity index (χ0) is 11.7. The van der Waals surface area contributed by atoms with Gasteiger partial charge in [0.05, 0.1) is 10.2 Å². The van der Waals surface area contributed by atoms with Gasteiger partial charge in [-0.15, -0.1) is 0 Å². The molecule has 2 rings (SSSR count). The Morgan fingerprint density at radius 2 is 2.25 bits per heavy atom. The predicted molar refractivity (Wildman–Crippen MR) is 66.1 cm³/mol. The molecule has 1 heterocycles. The Kier molecular flexibility index (Phi) is 2.78. The summed E-state index contributed by atoms with van der Waals surface area (Å²) in [5.74, 6) is -0.110. The molecule has 0 fully saturated rings. The Morgan fingerprint density at radius 3 is 2.88 bits per heavy atom. The molecule has 16 heavy (non-hydrogen) atoms. The van der Waals surface area contributed by atoms with E-state index in [1.807, 2.05) is 25.1 Å². The smallest absolute Gasteiger partial charge is 0.308 e. The number of thiazole rings is 1. The lowest BCUT2D eigenvalue weighted by molar-refractivity contribution is -0.114. The van der Waals surface area contributed by atoms with Crippen LogP contribution in [-0.2, 0) is 11.3 Å². The van der Waals surface area contributed by atoms with Crippen LogP contribution < -0.4 is 10.2 Å². The number of aryl methyl sites for hydroxylation is 1. The highest BCUT2D eigenvalue weighted by Gasteiger charge is 2.06. The van der Waals surface area contributed by atoms with E-state index in [-0.39, 0.29) is 10.8 Å². The van der Waals surface area contributed by atoms with Gasteiger partial charge in [0.25, 0.3) is 0 Å². The lowest BCUT2D eigenvalue weighted by atomic mass is 10.3. The zero-order valence-corrected chi connectivity index (χ0v) is 9.93. The minimum Gasteiger partial charge on any atom is -0.326 e. The summed E-state index contributed by atoms with van der Waals surface area (Å²) in [6.07, 6.45) is 0. The second-order valence-electron chi connectivity index (χ2n) is 3.48. The molecule has 0 aliphatic rings. The van der Waals surface area contributed by atoms with Gasteiger partial charge in [0, 0.05) is 19.2 Å². The lowest BCUT2D eigenvalue weighted by Gasteiger charge is -2.02. The molecular formula is C11H12N2O2S. The third kappa shape index (κ3) is 1.86. The maximum atomic E-state index is 11.6. The molecule has 2 aromatic rings. The second-order valence-corrected chi connectivity index (χ2v) is 4.47. The zero-order valence-electron chi connectivity index (χ0n) is 9.11. The van der Waals surface area contributed by atoms with Crippen molar-refractivity contribution in [1.82, 2.24) is 4.57 Å². The molecule has 0 spiro atoms. The van der Waals surface area contributed by atoms with Crippen molar-refractivity contribution in [3.8, 4) is 0 Å². The number of anilines is 1. The minimum atomic E-state index is -0.110. The van der Waals surface area contributed by atoms with E-state index in [9.17, 15) is 9.59 Å². The van der Waals surface area contributed by atoms with Crippen LogP contribution in [-0.4, -0.2) is 10.5 Å².